The van der Waals surface area contributed by atoms with Crippen molar-refractivity contribution in [3.8, 4) is 0 Å². The predicted octanol–water partition coefficient (Wildman–Crippen LogP) is 2.36. The molecule has 1 aliphatic heterocycles. The second-order valence-electron chi connectivity index (χ2n) is 9.46. The lowest BCUT2D eigenvalue weighted by Gasteiger charge is -2.30. The Morgan fingerprint density at radius 3 is 2.86 bits per heavy atom. The Morgan fingerprint density at radius 2 is 2.11 bits per heavy atom. The number of amidine groups is 1. The third-order valence-electron chi connectivity index (χ3n) is 6.40. The summed E-state index contributed by atoms with van der Waals surface area (Å²) in [7, 11) is 1.71. The molecule has 4 N–H and O–H groups in total. The van der Waals surface area contributed by atoms with Crippen LogP contribution in [0.4, 0.5) is 5.82 Å². The number of likely N-dealkylation sites (tertiary alicyclic amines) is 1. The van der Waals surface area contributed by atoms with Gasteiger partial charge in [-0.1, -0.05) is 0 Å². The number of amides is 1. The highest BCUT2D eigenvalue weighted by Gasteiger charge is 2.19. The van der Waals surface area contributed by atoms with Crippen LogP contribution < -0.4 is 16.4 Å². The van der Waals surface area contributed by atoms with Crippen LogP contribution in [0.15, 0.2) is 35.6 Å². The van der Waals surface area contributed by atoms with E-state index in [4.69, 9.17) is 10.5 Å². The summed E-state index contributed by atoms with van der Waals surface area (Å²) in [5, 5.41) is 6.71. The molecule has 1 aliphatic carbocycles. The number of pyridine rings is 1. The van der Waals surface area contributed by atoms with E-state index in [1.807, 2.05) is 12.1 Å². The number of hydrogen-bond acceptors (Lipinski definition) is 7. The smallest absolute Gasteiger partial charge is 0.213 e. The van der Waals surface area contributed by atoms with Crippen molar-refractivity contribution in [2.24, 2.45) is 10.7 Å². The average molecular weight is 486 g/mol. The van der Waals surface area contributed by atoms with Gasteiger partial charge in [0.1, 0.15) is 11.7 Å². The summed E-state index contributed by atoms with van der Waals surface area (Å²) < 4.78 is 5.80. The van der Waals surface area contributed by atoms with Gasteiger partial charge >= 0.3 is 0 Å². The van der Waals surface area contributed by atoms with E-state index in [-0.39, 0.29) is 0 Å². The standard InChI is InChI=1S/C26H43N7O2/c1-28-25(10-17-33(21-34)14-3-2-13-32-15-8-23(27)9-16-32)31-26-19-22(7-12-30-26)20-35-18-4-11-29-24-5-6-24/h7,10,12,17,19,21,23-24,29H,2-6,8-9,11,13-16,18,20,27H2,1H3,(H,28,30,31)/b17-10-. The normalized spacial score (nSPS) is 17.7. The largest absolute Gasteiger partial charge is 0.377 e. The van der Waals surface area contributed by atoms with Gasteiger partial charge < -0.3 is 30.9 Å². The fraction of sp³-hybridized carbons (Fsp3) is 0.654. The molecule has 0 spiro atoms. The molecule has 3 rings (SSSR count). The molecule has 1 saturated carbocycles. The number of anilines is 1. The molecule has 1 aromatic rings. The van der Waals surface area contributed by atoms with Crippen LogP contribution in [0.2, 0.25) is 0 Å². The first kappa shape index (κ1) is 27.3. The van der Waals surface area contributed by atoms with Crippen molar-refractivity contribution in [3.05, 3.63) is 36.2 Å². The molecule has 2 fully saturated rings. The molecule has 1 aromatic heterocycles. The SMILES string of the molecule is CN=C(/C=C\N(C=O)CCCCN1CCC(N)CC1)Nc1cc(COCCCNC2CC2)ccn1. The molecule has 1 saturated heterocycles. The summed E-state index contributed by atoms with van der Waals surface area (Å²) in [6.07, 6.45) is 14.0. The maximum absolute atomic E-state index is 11.5. The number of carbonyl (C=O) groups excluding carboxylic acids is 1. The maximum Gasteiger partial charge on any atom is 0.213 e. The Bertz CT molecular complexity index is 805. The molecule has 0 radical (unpaired) electrons. The summed E-state index contributed by atoms with van der Waals surface area (Å²) in [6, 6.07) is 5.03. The van der Waals surface area contributed by atoms with Gasteiger partial charge in [0.15, 0.2) is 0 Å². The van der Waals surface area contributed by atoms with E-state index in [2.05, 4.69) is 25.5 Å². The van der Waals surface area contributed by atoms with E-state index in [0.29, 0.717) is 30.8 Å². The minimum Gasteiger partial charge on any atom is -0.377 e. The number of carbonyl (C=O) groups is 1. The van der Waals surface area contributed by atoms with E-state index in [0.717, 1.165) is 82.9 Å². The minimum atomic E-state index is 0.361. The quantitative estimate of drug-likeness (QED) is 0.143. The monoisotopic (exact) mass is 485 g/mol. The molecular weight excluding hydrogens is 442 g/mol. The predicted molar refractivity (Wildman–Crippen MR) is 141 cm³/mol. The molecule has 2 aliphatic rings. The molecular formula is C26H43N7O2. The Morgan fingerprint density at radius 1 is 1.29 bits per heavy atom. The summed E-state index contributed by atoms with van der Waals surface area (Å²) in [6.45, 7) is 6.23. The molecule has 2 heterocycles. The van der Waals surface area contributed by atoms with Gasteiger partial charge in [-0.05, 0) is 94.9 Å². The maximum atomic E-state index is 11.5. The summed E-state index contributed by atoms with van der Waals surface area (Å²) in [4.78, 5) is 24.3. The number of nitrogens with one attached hydrogen (secondary N) is 2. The number of piperidine rings is 1. The average Bonchev–Trinajstić information content (AvgIpc) is 3.70. The van der Waals surface area contributed by atoms with Crippen LogP contribution in [0.3, 0.4) is 0 Å². The molecule has 9 nitrogen and oxygen atoms in total. The number of nitrogens with two attached hydrogens (primary N) is 1. The first-order valence-electron chi connectivity index (χ1n) is 13.0. The molecule has 0 unspecified atom stereocenters. The van der Waals surface area contributed by atoms with Gasteiger partial charge in [0.05, 0.1) is 6.61 Å². The van der Waals surface area contributed by atoms with E-state index >= 15 is 0 Å². The number of rotatable bonds is 16. The van der Waals surface area contributed by atoms with Crippen molar-refractivity contribution in [1.82, 2.24) is 20.1 Å². The van der Waals surface area contributed by atoms with E-state index < -0.39 is 0 Å². The van der Waals surface area contributed by atoms with Crippen molar-refractivity contribution in [1.29, 1.82) is 0 Å². The van der Waals surface area contributed by atoms with Crippen LogP contribution in [-0.2, 0) is 16.1 Å². The highest BCUT2D eigenvalue weighted by Crippen LogP contribution is 2.18. The Labute approximate surface area is 210 Å². The highest BCUT2D eigenvalue weighted by molar-refractivity contribution is 6.03. The Balaban J connectivity index is 1.34. The van der Waals surface area contributed by atoms with Gasteiger partial charge in [-0.15, -0.1) is 0 Å². The van der Waals surface area contributed by atoms with E-state index in [1.54, 1.807) is 30.4 Å². The number of nitrogens with zero attached hydrogens (tertiary/aromatic N) is 4. The van der Waals surface area contributed by atoms with Crippen LogP contribution >= 0.6 is 0 Å². The van der Waals surface area contributed by atoms with Crippen LogP contribution in [-0.4, -0.2) is 85.5 Å². The van der Waals surface area contributed by atoms with Crippen molar-refractivity contribution in [3.63, 3.8) is 0 Å². The van der Waals surface area contributed by atoms with Gasteiger partial charge in [0, 0.05) is 44.7 Å². The van der Waals surface area contributed by atoms with Crippen LogP contribution in [0.5, 0.6) is 0 Å². The second-order valence-corrected chi connectivity index (χ2v) is 9.46. The lowest BCUT2D eigenvalue weighted by atomic mass is 10.1. The molecule has 0 bridgehead atoms. The molecule has 194 valence electrons. The number of unbranched alkanes of at least 4 members (excludes halogenated alkanes) is 1. The zero-order valence-corrected chi connectivity index (χ0v) is 21.2. The highest BCUT2D eigenvalue weighted by atomic mass is 16.5. The van der Waals surface area contributed by atoms with Crippen LogP contribution in [0.25, 0.3) is 0 Å². The summed E-state index contributed by atoms with van der Waals surface area (Å²) >= 11 is 0. The zero-order chi connectivity index (χ0) is 24.7. The van der Waals surface area contributed by atoms with Crippen molar-refractivity contribution in [2.75, 3.05) is 51.7 Å². The van der Waals surface area contributed by atoms with E-state index in [1.165, 1.54) is 12.8 Å². The second kappa shape index (κ2) is 15.6. The first-order valence-corrected chi connectivity index (χ1v) is 13.0. The minimum absolute atomic E-state index is 0.361. The third kappa shape index (κ3) is 11.3. The topological polar surface area (TPSA) is 108 Å². The van der Waals surface area contributed by atoms with Crippen LogP contribution in [0, 0.1) is 0 Å². The number of hydrogen-bond donors (Lipinski definition) is 3. The number of aliphatic imine (C=N–C) groups is 1. The Kier molecular flexibility index (Phi) is 12.2. The zero-order valence-electron chi connectivity index (χ0n) is 21.2. The van der Waals surface area contributed by atoms with Gasteiger partial charge in [0.2, 0.25) is 6.41 Å². The third-order valence-corrected chi connectivity index (χ3v) is 6.40. The van der Waals surface area contributed by atoms with Crippen molar-refractivity contribution in [2.45, 2.75) is 63.6 Å². The Hall–Kier alpha value is -2.33. The lowest BCUT2D eigenvalue weighted by molar-refractivity contribution is -0.116. The fourth-order valence-corrected chi connectivity index (χ4v) is 4.03. The molecule has 0 atom stereocenters. The lowest BCUT2D eigenvalue weighted by Crippen LogP contribution is -2.40. The fourth-order valence-electron chi connectivity index (χ4n) is 4.03. The van der Waals surface area contributed by atoms with Gasteiger partial charge in [-0.3, -0.25) is 9.79 Å². The van der Waals surface area contributed by atoms with Crippen molar-refractivity contribution >= 4 is 18.1 Å². The van der Waals surface area contributed by atoms with E-state index in [9.17, 15) is 4.79 Å². The van der Waals surface area contributed by atoms with Gasteiger partial charge in [0.25, 0.3) is 0 Å². The van der Waals surface area contributed by atoms with Crippen molar-refractivity contribution < 1.29 is 9.53 Å². The van der Waals surface area contributed by atoms with Gasteiger partial charge in [-0.2, -0.15) is 0 Å². The molecule has 0 aromatic carbocycles. The number of aromatic nitrogens is 1. The van der Waals surface area contributed by atoms with Gasteiger partial charge in [-0.25, -0.2) is 4.98 Å². The number of ether oxygens (including phenoxy) is 1. The molecule has 35 heavy (non-hydrogen) atoms. The summed E-state index contributed by atoms with van der Waals surface area (Å²) in [5.74, 6) is 1.34. The molecule has 1 amide bonds. The molecule has 9 heteroatoms. The van der Waals surface area contributed by atoms with Crippen LogP contribution in [0.1, 0.15) is 50.5 Å². The summed E-state index contributed by atoms with van der Waals surface area (Å²) in [5.41, 5.74) is 7.03. The first-order chi connectivity index (χ1) is 17.2.